The Balaban J connectivity index is 1.52. The maximum absolute atomic E-state index is 12.8. The first-order chi connectivity index (χ1) is 12.7. The van der Waals surface area contributed by atoms with Gasteiger partial charge in [0.15, 0.2) is 5.83 Å². The highest BCUT2D eigenvalue weighted by Gasteiger charge is 2.24. The number of unbranched alkanes of at least 4 members (excludes halogenated alkanes) is 2. The predicted octanol–water partition coefficient (Wildman–Crippen LogP) is 8.12. The lowest BCUT2D eigenvalue weighted by Crippen LogP contribution is -2.18. The van der Waals surface area contributed by atoms with E-state index in [0.717, 1.165) is 36.5 Å². The smallest absolute Gasteiger partial charge is 0.195 e. The Bertz CT molecular complexity index is 434. The molecule has 1 nitrogen and oxygen atoms in total. The highest BCUT2D eigenvalue weighted by atomic mass is 19.1. The molecule has 0 N–H and O–H groups in total. The number of allylic oxidation sites excluding steroid dienone is 2. The van der Waals surface area contributed by atoms with Crippen LogP contribution in [-0.4, -0.2) is 0 Å². The van der Waals surface area contributed by atoms with Crippen LogP contribution in [-0.2, 0) is 0 Å². The van der Waals surface area contributed by atoms with E-state index in [4.69, 9.17) is 5.26 Å². The first-order valence-corrected chi connectivity index (χ1v) is 11.5. The molecular formula is C24H40FN. The summed E-state index contributed by atoms with van der Waals surface area (Å²) in [5.41, 5.74) is 0. The number of hydrogen-bond donors (Lipinski definition) is 0. The molecule has 26 heavy (non-hydrogen) atoms. The average molecular weight is 362 g/mol. The van der Waals surface area contributed by atoms with E-state index in [-0.39, 0.29) is 0 Å². The lowest BCUT2D eigenvalue weighted by molar-refractivity contribution is 0.209. The number of hydrogen-bond acceptors (Lipinski definition) is 1. The van der Waals surface area contributed by atoms with Crippen LogP contribution >= 0.6 is 0 Å². The van der Waals surface area contributed by atoms with Crippen molar-refractivity contribution in [2.24, 2.45) is 23.7 Å². The molecule has 0 unspecified atom stereocenters. The minimum absolute atomic E-state index is 0.612. The van der Waals surface area contributed by atoms with Crippen molar-refractivity contribution in [1.82, 2.24) is 0 Å². The van der Waals surface area contributed by atoms with Gasteiger partial charge in [0, 0.05) is 0 Å². The van der Waals surface area contributed by atoms with Crippen LogP contribution in [0.5, 0.6) is 0 Å². The molecule has 0 aromatic heterocycles. The molecule has 0 amide bonds. The summed E-state index contributed by atoms with van der Waals surface area (Å²) < 4.78 is 12.8. The highest BCUT2D eigenvalue weighted by molar-refractivity contribution is 5.11. The van der Waals surface area contributed by atoms with Crippen molar-refractivity contribution in [2.75, 3.05) is 0 Å². The van der Waals surface area contributed by atoms with Crippen molar-refractivity contribution in [3.63, 3.8) is 0 Å². The molecule has 2 aliphatic rings. The van der Waals surface area contributed by atoms with Crippen molar-refractivity contribution in [1.29, 1.82) is 5.26 Å². The van der Waals surface area contributed by atoms with Gasteiger partial charge in [-0.25, -0.2) is 0 Å². The molecule has 2 rings (SSSR count). The topological polar surface area (TPSA) is 23.8 Å². The molecule has 0 atom stereocenters. The summed E-state index contributed by atoms with van der Waals surface area (Å²) in [6, 6.07) is 1.57. The van der Waals surface area contributed by atoms with Crippen LogP contribution in [0.4, 0.5) is 4.39 Å². The van der Waals surface area contributed by atoms with Gasteiger partial charge in [-0.2, -0.15) is 9.65 Å². The van der Waals surface area contributed by atoms with Crippen molar-refractivity contribution in [3.05, 3.63) is 11.9 Å². The Kier molecular flexibility index (Phi) is 10.3. The maximum Gasteiger partial charge on any atom is 0.196 e. The van der Waals surface area contributed by atoms with Gasteiger partial charge in [-0.15, -0.1) is 0 Å². The van der Waals surface area contributed by atoms with E-state index >= 15 is 0 Å². The third kappa shape index (κ3) is 8.24. The van der Waals surface area contributed by atoms with E-state index in [1.54, 1.807) is 6.07 Å². The van der Waals surface area contributed by atoms with Gasteiger partial charge >= 0.3 is 0 Å². The molecule has 0 heterocycles. The zero-order chi connectivity index (χ0) is 18.6. The second-order valence-electron chi connectivity index (χ2n) is 9.09. The SMILES string of the molecule is CCCCC[C@H]1CC[C@H](CCC2CCC(CCC=C(F)C#N)CC2)CC1. The number of nitriles is 1. The van der Waals surface area contributed by atoms with E-state index in [9.17, 15) is 4.39 Å². The molecule has 2 saturated carbocycles. The summed E-state index contributed by atoms with van der Waals surface area (Å²) in [6.45, 7) is 2.30. The van der Waals surface area contributed by atoms with Crippen LogP contribution in [0.1, 0.15) is 110 Å². The van der Waals surface area contributed by atoms with Gasteiger partial charge in [0.25, 0.3) is 0 Å². The number of rotatable bonds is 10. The second kappa shape index (κ2) is 12.5. The highest BCUT2D eigenvalue weighted by Crippen LogP contribution is 2.38. The Hall–Kier alpha value is -0.840. The lowest BCUT2D eigenvalue weighted by Gasteiger charge is -2.32. The Morgan fingerprint density at radius 1 is 0.808 bits per heavy atom. The number of halogens is 1. The van der Waals surface area contributed by atoms with Crippen molar-refractivity contribution in [2.45, 2.75) is 110 Å². The van der Waals surface area contributed by atoms with Gasteiger partial charge in [-0.05, 0) is 42.6 Å². The third-order valence-electron chi connectivity index (χ3n) is 7.14. The van der Waals surface area contributed by atoms with Crippen molar-refractivity contribution < 1.29 is 4.39 Å². The first kappa shape index (κ1) is 21.5. The van der Waals surface area contributed by atoms with Crippen LogP contribution in [0.25, 0.3) is 0 Å². The van der Waals surface area contributed by atoms with Gasteiger partial charge in [0.2, 0.25) is 0 Å². The summed E-state index contributed by atoms with van der Waals surface area (Å²) in [5.74, 6) is 3.13. The monoisotopic (exact) mass is 361 g/mol. The minimum atomic E-state index is -0.612. The van der Waals surface area contributed by atoms with Gasteiger partial charge in [0.1, 0.15) is 6.07 Å². The largest absolute Gasteiger partial charge is 0.196 e. The summed E-state index contributed by atoms with van der Waals surface area (Å²) >= 11 is 0. The van der Waals surface area contributed by atoms with Crippen LogP contribution in [0.15, 0.2) is 11.9 Å². The lowest BCUT2D eigenvalue weighted by atomic mass is 9.74. The standard InChI is InChI=1S/C24H40FN/c1-2-3-4-6-20-9-13-22(14-10-20)17-18-23-15-11-21(12-16-23)7-5-8-24(25)19-26/h8,20-23H,2-7,9-18H2,1H3/t20-,21?,22-,23?. The molecule has 2 fully saturated rings. The van der Waals surface area contributed by atoms with E-state index in [1.165, 1.54) is 96.0 Å². The molecule has 0 aliphatic heterocycles. The zero-order valence-corrected chi connectivity index (χ0v) is 17.0. The molecule has 0 aromatic rings. The third-order valence-corrected chi connectivity index (χ3v) is 7.14. The fourth-order valence-electron chi connectivity index (χ4n) is 5.26. The summed E-state index contributed by atoms with van der Waals surface area (Å²) in [4.78, 5) is 0. The normalized spacial score (nSPS) is 30.1. The number of nitrogens with zero attached hydrogens (tertiary/aromatic N) is 1. The van der Waals surface area contributed by atoms with E-state index < -0.39 is 5.83 Å². The molecule has 0 aromatic carbocycles. The van der Waals surface area contributed by atoms with E-state index in [0.29, 0.717) is 0 Å². The Morgan fingerprint density at radius 3 is 1.73 bits per heavy atom. The molecule has 0 saturated heterocycles. The minimum Gasteiger partial charge on any atom is -0.195 e. The average Bonchev–Trinajstić information content (AvgIpc) is 2.68. The Morgan fingerprint density at radius 2 is 1.27 bits per heavy atom. The van der Waals surface area contributed by atoms with Gasteiger partial charge in [-0.3, -0.25) is 0 Å². The van der Waals surface area contributed by atoms with Gasteiger partial charge < -0.3 is 0 Å². The molecule has 0 radical (unpaired) electrons. The fourth-order valence-corrected chi connectivity index (χ4v) is 5.26. The van der Waals surface area contributed by atoms with Crippen LogP contribution in [0.2, 0.25) is 0 Å². The molecule has 2 aliphatic carbocycles. The molecule has 148 valence electrons. The van der Waals surface area contributed by atoms with Crippen LogP contribution in [0.3, 0.4) is 0 Å². The van der Waals surface area contributed by atoms with Crippen LogP contribution in [0, 0.1) is 35.0 Å². The molecule has 0 bridgehead atoms. The second-order valence-corrected chi connectivity index (χ2v) is 9.09. The van der Waals surface area contributed by atoms with Gasteiger partial charge in [0.05, 0.1) is 0 Å². The summed E-state index contributed by atoms with van der Waals surface area (Å²) in [6.07, 6.45) is 23.2. The van der Waals surface area contributed by atoms with Crippen molar-refractivity contribution >= 4 is 0 Å². The van der Waals surface area contributed by atoms with Gasteiger partial charge in [-0.1, -0.05) is 96.8 Å². The van der Waals surface area contributed by atoms with Crippen molar-refractivity contribution in [3.8, 4) is 6.07 Å². The quantitative estimate of drug-likeness (QED) is 0.285. The molecular weight excluding hydrogens is 321 g/mol. The molecule has 0 spiro atoms. The zero-order valence-electron chi connectivity index (χ0n) is 17.0. The van der Waals surface area contributed by atoms with E-state index in [2.05, 4.69) is 6.92 Å². The summed E-state index contributed by atoms with van der Waals surface area (Å²) in [5, 5.41) is 8.44. The fraction of sp³-hybridized carbons (Fsp3) is 0.875. The molecule has 2 heteroatoms. The Labute approximate surface area is 161 Å². The van der Waals surface area contributed by atoms with E-state index in [1.807, 2.05) is 0 Å². The predicted molar refractivity (Wildman–Crippen MR) is 108 cm³/mol. The maximum atomic E-state index is 12.8. The summed E-state index contributed by atoms with van der Waals surface area (Å²) in [7, 11) is 0. The van der Waals surface area contributed by atoms with Crippen LogP contribution < -0.4 is 0 Å². The first-order valence-electron chi connectivity index (χ1n) is 11.5.